The molecule has 7 heteroatoms. The number of benzene rings is 2. The van der Waals surface area contributed by atoms with E-state index in [1.807, 2.05) is 24.4 Å². The topological polar surface area (TPSA) is 97.9 Å². The van der Waals surface area contributed by atoms with Crippen LogP contribution in [0.25, 0.3) is 22.3 Å². The zero-order chi connectivity index (χ0) is 17.2. The Morgan fingerprint density at radius 2 is 1.88 bits per heavy atom. The SMILES string of the molecule is O=[N+]([O-])c1ccc(-c2noc(CCc3c[nH]c4ccccc34)n2)cc1. The van der Waals surface area contributed by atoms with Gasteiger partial charge in [0.2, 0.25) is 11.7 Å². The van der Waals surface area contributed by atoms with Gasteiger partial charge in [0.25, 0.3) is 5.69 Å². The first kappa shape index (κ1) is 15.1. The highest BCUT2D eigenvalue weighted by molar-refractivity contribution is 5.83. The summed E-state index contributed by atoms with van der Waals surface area (Å²) in [4.78, 5) is 17.9. The molecule has 1 N–H and O–H groups in total. The molecule has 0 aliphatic carbocycles. The summed E-state index contributed by atoms with van der Waals surface area (Å²) in [5.74, 6) is 0.974. The van der Waals surface area contributed by atoms with Gasteiger partial charge in [-0.3, -0.25) is 10.1 Å². The molecular weight excluding hydrogens is 320 g/mol. The van der Waals surface area contributed by atoms with E-state index in [9.17, 15) is 10.1 Å². The fourth-order valence-electron chi connectivity index (χ4n) is 2.79. The second kappa shape index (κ2) is 6.20. The van der Waals surface area contributed by atoms with Crippen molar-refractivity contribution in [1.82, 2.24) is 15.1 Å². The van der Waals surface area contributed by atoms with Crippen LogP contribution in [-0.2, 0) is 12.8 Å². The summed E-state index contributed by atoms with van der Waals surface area (Å²) in [6.45, 7) is 0. The molecule has 2 aromatic carbocycles. The van der Waals surface area contributed by atoms with Crippen molar-refractivity contribution < 1.29 is 9.45 Å². The highest BCUT2D eigenvalue weighted by atomic mass is 16.6. The van der Waals surface area contributed by atoms with E-state index >= 15 is 0 Å². The lowest BCUT2D eigenvalue weighted by atomic mass is 10.1. The lowest BCUT2D eigenvalue weighted by Gasteiger charge is -1.96. The van der Waals surface area contributed by atoms with E-state index in [4.69, 9.17) is 4.52 Å². The number of non-ortho nitro benzene ring substituents is 1. The van der Waals surface area contributed by atoms with E-state index in [0.29, 0.717) is 23.7 Å². The number of aromatic amines is 1. The number of aryl methyl sites for hydroxylation is 2. The molecule has 0 bridgehead atoms. The maximum atomic E-state index is 10.7. The molecule has 0 amide bonds. The van der Waals surface area contributed by atoms with Crippen molar-refractivity contribution in [2.75, 3.05) is 0 Å². The Hall–Kier alpha value is -3.48. The van der Waals surface area contributed by atoms with E-state index in [-0.39, 0.29) is 5.69 Å². The van der Waals surface area contributed by atoms with Gasteiger partial charge in [0.1, 0.15) is 0 Å². The second-order valence-corrected chi connectivity index (χ2v) is 5.68. The van der Waals surface area contributed by atoms with Crippen molar-refractivity contribution in [3.8, 4) is 11.4 Å². The van der Waals surface area contributed by atoms with Crippen molar-refractivity contribution in [1.29, 1.82) is 0 Å². The number of fused-ring (bicyclic) bond motifs is 1. The Kier molecular flexibility index (Phi) is 3.74. The van der Waals surface area contributed by atoms with Crippen molar-refractivity contribution in [2.45, 2.75) is 12.8 Å². The van der Waals surface area contributed by atoms with Crippen LogP contribution in [0.4, 0.5) is 5.69 Å². The minimum Gasteiger partial charge on any atom is -0.361 e. The first-order valence-electron chi connectivity index (χ1n) is 7.83. The Balaban J connectivity index is 1.49. The van der Waals surface area contributed by atoms with Crippen LogP contribution in [0.5, 0.6) is 0 Å². The minimum atomic E-state index is -0.438. The number of nitro benzene ring substituents is 1. The van der Waals surface area contributed by atoms with Gasteiger partial charge in [0, 0.05) is 41.2 Å². The molecule has 4 aromatic rings. The van der Waals surface area contributed by atoms with Gasteiger partial charge in [-0.2, -0.15) is 4.98 Å². The number of H-pyrrole nitrogens is 1. The average molecular weight is 334 g/mol. The number of hydrogen-bond donors (Lipinski definition) is 1. The summed E-state index contributed by atoms with van der Waals surface area (Å²) in [7, 11) is 0. The molecule has 0 aliphatic heterocycles. The summed E-state index contributed by atoms with van der Waals surface area (Å²) < 4.78 is 5.30. The highest BCUT2D eigenvalue weighted by Crippen LogP contribution is 2.22. The predicted octanol–water partition coefficient (Wildman–Crippen LogP) is 3.91. The summed E-state index contributed by atoms with van der Waals surface area (Å²) in [5, 5.41) is 15.8. The first-order valence-corrected chi connectivity index (χ1v) is 7.83. The van der Waals surface area contributed by atoms with Crippen LogP contribution in [-0.4, -0.2) is 20.0 Å². The minimum absolute atomic E-state index is 0.0341. The molecule has 2 aromatic heterocycles. The largest absolute Gasteiger partial charge is 0.361 e. The number of nitro groups is 1. The van der Waals surface area contributed by atoms with Crippen LogP contribution in [0.15, 0.2) is 59.3 Å². The van der Waals surface area contributed by atoms with Crippen molar-refractivity contribution >= 4 is 16.6 Å². The molecule has 2 heterocycles. The fourth-order valence-corrected chi connectivity index (χ4v) is 2.79. The fraction of sp³-hybridized carbons (Fsp3) is 0.111. The first-order chi connectivity index (χ1) is 12.2. The van der Waals surface area contributed by atoms with Gasteiger partial charge in [-0.25, -0.2) is 0 Å². The van der Waals surface area contributed by atoms with Crippen molar-refractivity contribution in [3.63, 3.8) is 0 Å². The van der Waals surface area contributed by atoms with Gasteiger partial charge in [-0.1, -0.05) is 23.4 Å². The molecule has 0 saturated heterocycles. The molecule has 4 rings (SSSR count). The molecule has 0 fully saturated rings. The van der Waals surface area contributed by atoms with E-state index in [2.05, 4.69) is 21.2 Å². The molecule has 0 unspecified atom stereocenters. The lowest BCUT2D eigenvalue weighted by molar-refractivity contribution is -0.384. The zero-order valence-corrected chi connectivity index (χ0v) is 13.2. The van der Waals surface area contributed by atoms with E-state index in [1.165, 1.54) is 23.1 Å². The van der Waals surface area contributed by atoms with Gasteiger partial charge in [0.15, 0.2) is 0 Å². The third kappa shape index (κ3) is 2.99. The monoisotopic (exact) mass is 334 g/mol. The Bertz CT molecular complexity index is 1030. The normalized spacial score (nSPS) is 11.0. The number of hydrogen-bond acceptors (Lipinski definition) is 5. The third-order valence-corrected chi connectivity index (χ3v) is 4.09. The molecular formula is C18H14N4O3. The van der Waals surface area contributed by atoms with Crippen molar-refractivity contribution in [2.24, 2.45) is 0 Å². The molecule has 25 heavy (non-hydrogen) atoms. The average Bonchev–Trinajstić information content (AvgIpc) is 3.27. The third-order valence-electron chi connectivity index (χ3n) is 4.09. The van der Waals surface area contributed by atoms with Crippen LogP contribution in [0.3, 0.4) is 0 Å². The zero-order valence-electron chi connectivity index (χ0n) is 13.2. The highest BCUT2D eigenvalue weighted by Gasteiger charge is 2.12. The van der Waals surface area contributed by atoms with Crippen LogP contribution >= 0.6 is 0 Å². The quantitative estimate of drug-likeness (QED) is 0.441. The van der Waals surface area contributed by atoms with E-state index in [1.54, 1.807) is 12.1 Å². The number of nitrogens with one attached hydrogen (secondary N) is 1. The molecule has 7 nitrogen and oxygen atoms in total. The van der Waals surface area contributed by atoms with Gasteiger partial charge >= 0.3 is 0 Å². The Morgan fingerprint density at radius 1 is 1.08 bits per heavy atom. The van der Waals surface area contributed by atoms with Crippen LogP contribution < -0.4 is 0 Å². The molecule has 0 saturated carbocycles. The van der Waals surface area contributed by atoms with Gasteiger partial charge in [-0.05, 0) is 30.2 Å². The van der Waals surface area contributed by atoms with Gasteiger partial charge < -0.3 is 9.51 Å². The Morgan fingerprint density at radius 3 is 2.68 bits per heavy atom. The molecule has 0 spiro atoms. The van der Waals surface area contributed by atoms with Crippen LogP contribution in [0, 0.1) is 10.1 Å². The molecule has 0 radical (unpaired) electrons. The second-order valence-electron chi connectivity index (χ2n) is 5.68. The van der Waals surface area contributed by atoms with E-state index < -0.39 is 4.92 Å². The smallest absolute Gasteiger partial charge is 0.269 e. The standard InChI is InChI=1S/C18H14N4O3/c23-22(24)14-8-5-12(6-9-14)18-20-17(25-21-18)10-7-13-11-19-16-4-2-1-3-15(13)16/h1-6,8-9,11,19H,7,10H2. The number of nitrogens with zero attached hydrogens (tertiary/aromatic N) is 3. The van der Waals surface area contributed by atoms with Crippen LogP contribution in [0.1, 0.15) is 11.5 Å². The summed E-state index contributed by atoms with van der Waals surface area (Å²) in [5.41, 5.74) is 3.03. The summed E-state index contributed by atoms with van der Waals surface area (Å²) in [6, 6.07) is 14.2. The number of rotatable bonds is 5. The number of aromatic nitrogens is 3. The maximum absolute atomic E-state index is 10.7. The lowest BCUT2D eigenvalue weighted by Crippen LogP contribution is -1.91. The number of para-hydroxylation sites is 1. The summed E-state index contributed by atoms with van der Waals surface area (Å²) >= 11 is 0. The summed E-state index contributed by atoms with van der Waals surface area (Å²) in [6.07, 6.45) is 3.41. The van der Waals surface area contributed by atoms with Crippen molar-refractivity contribution in [3.05, 3.63) is 76.3 Å². The van der Waals surface area contributed by atoms with Gasteiger partial charge in [0.05, 0.1) is 4.92 Å². The Labute approximate surface area is 142 Å². The van der Waals surface area contributed by atoms with Crippen LogP contribution in [0.2, 0.25) is 0 Å². The van der Waals surface area contributed by atoms with Gasteiger partial charge in [-0.15, -0.1) is 0 Å². The molecule has 0 atom stereocenters. The predicted molar refractivity (Wildman–Crippen MR) is 92.1 cm³/mol. The molecule has 0 aliphatic rings. The molecule has 124 valence electrons. The van der Waals surface area contributed by atoms with E-state index in [0.717, 1.165) is 11.9 Å². The maximum Gasteiger partial charge on any atom is 0.269 e.